The molecule has 2 aromatic carbocycles. The van der Waals surface area contributed by atoms with E-state index in [0.29, 0.717) is 16.8 Å². The molecule has 25 heavy (non-hydrogen) atoms. The first kappa shape index (κ1) is 16.9. The van der Waals surface area contributed by atoms with Gasteiger partial charge >= 0.3 is 0 Å². The number of hydrazone groups is 1. The van der Waals surface area contributed by atoms with Crippen LogP contribution in [0.3, 0.4) is 0 Å². The molecule has 0 spiro atoms. The highest BCUT2D eigenvalue weighted by atomic mass is 35.5. The van der Waals surface area contributed by atoms with Gasteiger partial charge in [0, 0.05) is 31.4 Å². The van der Waals surface area contributed by atoms with Crippen molar-refractivity contribution in [2.24, 2.45) is 5.10 Å². The fraction of sp³-hybridized carbons (Fsp3) is 0.105. The largest absolute Gasteiger partial charge is 0.378 e. The summed E-state index contributed by atoms with van der Waals surface area (Å²) in [5.41, 5.74) is 5.93. The summed E-state index contributed by atoms with van der Waals surface area (Å²) in [6.07, 6.45) is 1.73. The van der Waals surface area contributed by atoms with E-state index < -0.39 is 0 Å². The maximum absolute atomic E-state index is 6.10. The van der Waals surface area contributed by atoms with Crippen LogP contribution in [0.5, 0.6) is 0 Å². The second kappa shape index (κ2) is 7.77. The van der Waals surface area contributed by atoms with Crippen molar-refractivity contribution in [3.8, 4) is 11.4 Å². The van der Waals surface area contributed by atoms with Crippen molar-refractivity contribution in [1.29, 1.82) is 0 Å². The maximum Gasteiger partial charge on any atom is 0.163 e. The van der Waals surface area contributed by atoms with Gasteiger partial charge in [-0.1, -0.05) is 54.1 Å². The smallest absolute Gasteiger partial charge is 0.163 e. The van der Waals surface area contributed by atoms with Crippen LogP contribution in [0.25, 0.3) is 11.4 Å². The molecule has 3 rings (SSSR count). The van der Waals surface area contributed by atoms with Crippen LogP contribution in [-0.4, -0.2) is 30.3 Å². The Morgan fingerprint density at radius 3 is 2.40 bits per heavy atom. The predicted molar refractivity (Wildman–Crippen MR) is 104 cm³/mol. The number of halogens is 1. The van der Waals surface area contributed by atoms with Crippen molar-refractivity contribution in [3.05, 3.63) is 71.4 Å². The van der Waals surface area contributed by atoms with Gasteiger partial charge in [0.05, 0.1) is 6.21 Å². The summed E-state index contributed by atoms with van der Waals surface area (Å²) in [5.74, 6) is 1.10. The first-order valence-electron chi connectivity index (χ1n) is 7.78. The molecule has 1 N–H and O–H groups in total. The number of hydrogen-bond acceptors (Lipinski definition) is 5. The monoisotopic (exact) mass is 351 g/mol. The molecule has 126 valence electrons. The highest BCUT2D eigenvalue weighted by Gasteiger charge is 2.05. The second-order valence-electron chi connectivity index (χ2n) is 5.62. The quantitative estimate of drug-likeness (QED) is 0.423. The van der Waals surface area contributed by atoms with Crippen LogP contribution in [-0.2, 0) is 0 Å². The molecule has 0 atom stereocenters. The number of rotatable bonds is 5. The Hall–Kier alpha value is -2.92. The third-order valence-electron chi connectivity index (χ3n) is 3.53. The number of aromatic nitrogens is 2. The molecule has 1 heterocycles. The van der Waals surface area contributed by atoms with Gasteiger partial charge in [0.1, 0.15) is 5.15 Å². The van der Waals surface area contributed by atoms with Gasteiger partial charge in [-0.25, -0.2) is 9.97 Å². The van der Waals surface area contributed by atoms with E-state index in [2.05, 4.69) is 20.5 Å². The van der Waals surface area contributed by atoms with Crippen LogP contribution in [0.1, 0.15) is 5.56 Å². The Bertz CT molecular complexity index is 861. The number of benzene rings is 2. The molecule has 0 unspecified atom stereocenters. The molecular weight excluding hydrogens is 334 g/mol. The van der Waals surface area contributed by atoms with Crippen molar-refractivity contribution in [1.82, 2.24) is 9.97 Å². The zero-order chi connectivity index (χ0) is 17.6. The van der Waals surface area contributed by atoms with Crippen LogP contribution in [0.15, 0.2) is 65.8 Å². The van der Waals surface area contributed by atoms with Gasteiger partial charge < -0.3 is 4.90 Å². The van der Waals surface area contributed by atoms with Gasteiger partial charge in [0.2, 0.25) is 0 Å². The van der Waals surface area contributed by atoms with E-state index in [0.717, 1.165) is 16.8 Å². The van der Waals surface area contributed by atoms with Gasteiger partial charge in [-0.2, -0.15) is 5.10 Å². The predicted octanol–water partition coefficient (Wildman–Crippen LogP) is 4.31. The summed E-state index contributed by atoms with van der Waals surface area (Å²) >= 11 is 6.10. The van der Waals surface area contributed by atoms with Crippen molar-refractivity contribution >= 4 is 29.3 Å². The molecule has 5 nitrogen and oxygen atoms in total. The second-order valence-corrected chi connectivity index (χ2v) is 6.01. The molecule has 0 bridgehead atoms. The zero-order valence-electron chi connectivity index (χ0n) is 14.0. The molecule has 0 saturated heterocycles. The molecule has 1 aromatic heterocycles. The van der Waals surface area contributed by atoms with Gasteiger partial charge in [0.25, 0.3) is 0 Å². The normalized spacial score (nSPS) is 10.8. The highest BCUT2D eigenvalue weighted by Crippen LogP contribution is 2.20. The Morgan fingerprint density at radius 1 is 1.00 bits per heavy atom. The number of nitrogens with one attached hydrogen (secondary N) is 1. The average Bonchev–Trinajstić information content (AvgIpc) is 2.62. The molecule has 0 aliphatic rings. The Kier molecular flexibility index (Phi) is 5.26. The summed E-state index contributed by atoms with van der Waals surface area (Å²) in [5, 5.41) is 4.59. The van der Waals surface area contributed by atoms with E-state index in [4.69, 9.17) is 11.6 Å². The topological polar surface area (TPSA) is 53.4 Å². The van der Waals surface area contributed by atoms with E-state index in [1.165, 1.54) is 0 Å². The standard InChI is InChI=1S/C19H18ClN5/c1-25(2)16-10-8-14(9-11-16)13-21-24-18-12-17(20)22-19(23-18)15-6-4-3-5-7-15/h3-13H,1-2H3,(H,22,23,24)/b21-13+. The van der Waals surface area contributed by atoms with E-state index >= 15 is 0 Å². The van der Waals surface area contributed by atoms with Crippen molar-refractivity contribution in [3.63, 3.8) is 0 Å². The number of hydrogen-bond donors (Lipinski definition) is 1. The lowest BCUT2D eigenvalue weighted by Gasteiger charge is -2.11. The summed E-state index contributed by atoms with van der Waals surface area (Å²) < 4.78 is 0. The average molecular weight is 352 g/mol. The molecule has 0 amide bonds. The number of nitrogens with zero attached hydrogens (tertiary/aromatic N) is 4. The van der Waals surface area contributed by atoms with Crippen molar-refractivity contribution < 1.29 is 0 Å². The van der Waals surface area contributed by atoms with Gasteiger partial charge in [-0.3, -0.25) is 5.43 Å². The Balaban J connectivity index is 1.73. The third-order valence-corrected chi connectivity index (χ3v) is 3.72. The van der Waals surface area contributed by atoms with E-state index in [1.807, 2.05) is 73.6 Å². The van der Waals surface area contributed by atoms with Gasteiger partial charge in [0.15, 0.2) is 11.6 Å². The van der Waals surface area contributed by atoms with Crippen LogP contribution in [0.4, 0.5) is 11.5 Å². The van der Waals surface area contributed by atoms with E-state index in [-0.39, 0.29) is 0 Å². The molecule has 0 radical (unpaired) electrons. The lowest BCUT2D eigenvalue weighted by atomic mass is 10.2. The molecule has 0 aliphatic heterocycles. The molecule has 0 aliphatic carbocycles. The van der Waals surface area contributed by atoms with Crippen molar-refractivity contribution in [2.75, 3.05) is 24.4 Å². The Morgan fingerprint density at radius 2 is 1.72 bits per heavy atom. The first-order valence-corrected chi connectivity index (χ1v) is 8.16. The minimum Gasteiger partial charge on any atom is -0.378 e. The molecule has 0 fully saturated rings. The molecular formula is C19H18ClN5. The van der Waals surface area contributed by atoms with Crippen LogP contribution in [0, 0.1) is 0 Å². The molecule has 0 saturated carbocycles. The summed E-state index contributed by atoms with van der Waals surface area (Å²) in [6, 6.07) is 19.4. The first-order chi connectivity index (χ1) is 12.1. The fourth-order valence-electron chi connectivity index (χ4n) is 2.22. The summed E-state index contributed by atoms with van der Waals surface area (Å²) in [7, 11) is 4.02. The maximum atomic E-state index is 6.10. The SMILES string of the molecule is CN(C)c1ccc(/C=N/Nc2cc(Cl)nc(-c3ccccc3)n2)cc1. The lowest BCUT2D eigenvalue weighted by Crippen LogP contribution is -2.08. The van der Waals surface area contributed by atoms with E-state index in [1.54, 1.807) is 12.3 Å². The summed E-state index contributed by atoms with van der Waals surface area (Å²) in [4.78, 5) is 10.7. The van der Waals surface area contributed by atoms with Crippen molar-refractivity contribution in [2.45, 2.75) is 0 Å². The third kappa shape index (κ3) is 4.55. The minimum absolute atomic E-state index is 0.363. The van der Waals surface area contributed by atoms with Gasteiger partial charge in [-0.05, 0) is 17.7 Å². The van der Waals surface area contributed by atoms with Gasteiger partial charge in [-0.15, -0.1) is 0 Å². The summed E-state index contributed by atoms with van der Waals surface area (Å²) in [6.45, 7) is 0. The van der Waals surface area contributed by atoms with Crippen LogP contribution in [0.2, 0.25) is 5.15 Å². The Labute approximate surface area is 152 Å². The fourth-order valence-corrected chi connectivity index (χ4v) is 2.41. The number of anilines is 2. The van der Waals surface area contributed by atoms with Crippen LogP contribution >= 0.6 is 11.6 Å². The zero-order valence-corrected chi connectivity index (χ0v) is 14.8. The molecule has 6 heteroatoms. The molecule has 3 aromatic rings. The highest BCUT2D eigenvalue weighted by molar-refractivity contribution is 6.29. The van der Waals surface area contributed by atoms with Crippen LogP contribution < -0.4 is 10.3 Å². The lowest BCUT2D eigenvalue weighted by molar-refractivity contribution is 1.13. The van der Waals surface area contributed by atoms with E-state index in [9.17, 15) is 0 Å². The minimum atomic E-state index is 0.363.